The molecule has 26 heavy (non-hydrogen) atoms. The highest BCUT2D eigenvalue weighted by Gasteiger charge is 2.41. The van der Waals surface area contributed by atoms with Crippen molar-refractivity contribution in [1.29, 1.82) is 0 Å². The van der Waals surface area contributed by atoms with E-state index < -0.39 is 6.04 Å². The quantitative estimate of drug-likeness (QED) is 0.844. The Balaban J connectivity index is 1.55. The van der Waals surface area contributed by atoms with Crippen molar-refractivity contribution >= 4 is 5.91 Å². The maximum absolute atomic E-state index is 13.0. The van der Waals surface area contributed by atoms with E-state index in [1.54, 1.807) is 10.6 Å². The fourth-order valence-electron chi connectivity index (χ4n) is 4.22. The number of aryl methyl sites for hydroxylation is 1. The van der Waals surface area contributed by atoms with Gasteiger partial charge in [-0.3, -0.25) is 14.2 Å². The summed E-state index contributed by atoms with van der Waals surface area (Å²) in [5.74, 6) is 0.905. The van der Waals surface area contributed by atoms with E-state index in [0.29, 0.717) is 5.76 Å². The predicted molar refractivity (Wildman–Crippen MR) is 95.8 cm³/mol. The zero-order chi connectivity index (χ0) is 18.1. The molecule has 0 unspecified atom stereocenters. The summed E-state index contributed by atoms with van der Waals surface area (Å²) in [7, 11) is 0. The summed E-state index contributed by atoms with van der Waals surface area (Å²) in [5.41, 5.74) is 1.74. The van der Waals surface area contributed by atoms with Gasteiger partial charge in [0.15, 0.2) is 5.76 Å². The van der Waals surface area contributed by atoms with Crippen molar-refractivity contribution in [3.63, 3.8) is 0 Å². The number of nitrogens with zero attached hydrogens (tertiary/aromatic N) is 2. The Morgan fingerprint density at radius 1 is 1.42 bits per heavy atom. The first-order valence-electron chi connectivity index (χ1n) is 9.31. The minimum absolute atomic E-state index is 0.107. The molecular formula is C19H24N4O3. The summed E-state index contributed by atoms with van der Waals surface area (Å²) in [6.07, 6.45) is 2.78. The summed E-state index contributed by atoms with van der Waals surface area (Å²) in [6, 6.07) is 6.67. The number of carbonyl (C=O) groups is 1. The highest BCUT2D eigenvalue weighted by molar-refractivity contribution is 5.81. The normalized spacial score (nSPS) is 24.1. The van der Waals surface area contributed by atoms with Crippen LogP contribution < -0.4 is 16.2 Å². The number of hydrogen-bond donors (Lipinski definition) is 2. The fourth-order valence-corrected chi connectivity index (χ4v) is 4.22. The molecule has 3 atom stereocenters. The summed E-state index contributed by atoms with van der Waals surface area (Å²) < 4.78 is 6.98. The van der Waals surface area contributed by atoms with E-state index in [1.165, 1.54) is 6.07 Å². The molecule has 2 aromatic heterocycles. The van der Waals surface area contributed by atoms with Gasteiger partial charge in [-0.05, 0) is 18.9 Å². The third-order valence-electron chi connectivity index (χ3n) is 5.37. The molecule has 0 aromatic carbocycles. The van der Waals surface area contributed by atoms with Crippen LogP contribution in [0.5, 0.6) is 0 Å². The number of carbonyl (C=O) groups excluding carboxylic acids is 1. The summed E-state index contributed by atoms with van der Waals surface area (Å²) in [6.45, 7) is 3.97. The maximum atomic E-state index is 13.0. The molecule has 4 rings (SSSR count). The van der Waals surface area contributed by atoms with Crippen molar-refractivity contribution in [3.05, 3.63) is 51.8 Å². The topological polar surface area (TPSA) is 89.2 Å². The Kier molecular flexibility index (Phi) is 4.63. The molecule has 1 fully saturated rings. The molecular weight excluding hydrogens is 332 g/mol. The number of rotatable bonds is 5. The van der Waals surface area contributed by atoms with E-state index in [2.05, 4.69) is 22.7 Å². The highest BCUT2D eigenvalue weighted by Crippen LogP contribution is 2.38. The molecule has 2 aliphatic heterocycles. The van der Waals surface area contributed by atoms with Gasteiger partial charge in [0.2, 0.25) is 5.91 Å². The van der Waals surface area contributed by atoms with E-state index in [4.69, 9.17) is 4.52 Å². The molecule has 0 saturated carbocycles. The summed E-state index contributed by atoms with van der Waals surface area (Å²) >= 11 is 0. The predicted octanol–water partition coefficient (Wildman–Crippen LogP) is 1.35. The molecule has 1 amide bonds. The number of nitrogens with one attached hydrogen (secondary N) is 2. The summed E-state index contributed by atoms with van der Waals surface area (Å²) in [4.78, 5) is 25.5. The lowest BCUT2D eigenvalue weighted by Gasteiger charge is -2.42. The zero-order valence-electron chi connectivity index (χ0n) is 14.9. The van der Waals surface area contributed by atoms with Crippen LogP contribution >= 0.6 is 0 Å². The largest absolute Gasteiger partial charge is 0.359 e. The number of aromatic nitrogens is 2. The van der Waals surface area contributed by atoms with Gasteiger partial charge in [0.1, 0.15) is 6.04 Å². The smallest absolute Gasteiger partial charge is 0.251 e. The van der Waals surface area contributed by atoms with Crippen LogP contribution in [0.15, 0.2) is 33.6 Å². The van der Waals surface area contributed by atoms with E-state index in [0.717, 1.165) is 43.7 Å². The highest BCUT2D eigenvalue weighted by atomic mass is 16.5. The van der Waals surface area contributed by atoms with Crippen LogP contribution in [0.1, 0.15) is 48.9 Å². The molecule has 1 saturated heterocycles. The first-order chi connectivity index (χ1) is 12.7. The Hall–Kier alpha value is -2.41. The van der Waals surface area contributed by atoms with Gasteiger partial charge in [-0.2, -0.15) is 0 Å². The van der Waals surface area contributed by atoms with E-state index in [1.807, 2.05) is 12.1 Å². The molecule has 2 bridgehead atoms. The Labute approximate surface area is 151 Å². The SMILES string of the molecule is CCCc1cc(CNC(=O)[C@H]2[C@@H]3CNC[C@@H](C3)c3cccc(=O)n32)on1. The fraction of sp³-hybridized carbons (Fsp3) is 0.526. The maximum Gasteiger partial charge on any atom is 0.251 e. The molecule has 0 radical (unpaired) electrons. The average Bonchev–Trinajstić information content (AvgIpc) is 3.09. The van der Waals surface area contributed by atoms with Gasteiger partial charge >= 0.3 is 0 Å². The number of fused-ring (bicyclic) bond motifs is 4. The van der Waals surface area contributed by atoms with Crippen LogP contribution in [0.3, 0.4) is 0 Å². The minimum atomic E-state index is -0.485. The van der Waals surface area contributed by atoms with Crippen molar-refractivity contribution in [2.45, 2.75) is 44.7 Å². The van der Waals surface area contributed by atoms with Gasteiger partial charge in [-0.15, -0.1) is 0 Å². The van der Waals surface area contributed by atoms with Gasteiger partial charge in [-0.25, -0.2) is 0 Å². The van der Waals surface area contributed by atoms with Crippen LogP contribution in [0.25, 0.3) is 0 Å². The van der Waals surface area contributed by atoms with Crippen molar-refractivity contribution in [3.8, 4) is 0 Å². The van der Waals surface area contributed by atoms with Crippen molar-refractivity contribution in [1.82, 2.24) is 20.4 Å². The number of amides is 1. The monoisotopic (exact) mass is 356 g/mol. The molecule has 2 N–H and O–H groups in total. The molecule has 4 heterocycles. The second kappa shape index (κ2) is 7.07. The standard InChI is InChI=1S/C19H24N4O3/c1-2-4-14-8-15(26-22-14)11-21-19(25)18-13-7-12(9-20-10-13)16-5-3-6-17(24)23(16)18/h3,5-6,8,12-13,18,20H,2,4,7,9-11H2,1H3,(H,21,25)/t12-,13+,18-/m1/s1. The van der Waals surface area contributed by atoms with Gasteiger partial charge < -0.3 is 15.2 Å². The second-order valence-corrected chi connectivity index (χ2v) is 7.21. The number of pyridine rings is 1. The Bertz CT molecular complexity index is 856. The Morgan fingerprint density at radius 2 is 2.31 bits per heavy atom. The van der Waals surface area contributed by atoms with Crippen molar-refractivity contribution in [2.24, 2.45) is 5.92 Å². The van der Waals surface area contributed by atoms with Gasteiger partial charge in [0.25, 0.3) is 5.56 Å². The molecule has 7 nitrogen and oxygen atoms in total. The van der Waals surface area contributed by atoms with Crippen LogP contribution in [-0.2, 0) is 17.8 Å². The molecule has 0 spiro atoms. The minimum Gasteiger partial charge on any atom is -0.359 e. The van der Waals surface area contributed by atoms with Gasteiger partial charge in [0, 0.05) is 42.8 Å². The first-order valence-corrected chi connectivity index (χ1v) is 9.31. The second-order valence-electron chi connectivity index (χ2n) is 7.21. The number of piperidine rings is 1. The van der Waals surface area contributed by atoms with Crippen LogP contribution in [0, 0.1) is 5.92 Å². The zero-order valence-corrected chi connectivity index (χ0v) is 14.9. The lowest BCUT2D eigenvalue weighted by molar-refractivity contribution is -0.127. The van der Waals surface area contributed by atoms with Crippen LogP contribution in [0.2, 0.25) is 0 Å². The number of hydrogen-bond acceptors (Lipinski definition) is 5. The van der Waals surface area contributed by atoms with Crippen molar-refractivity contribution in [2.75, 3.05) is 13.1 Å². The van der Waals surface area contributed by atoms with E-state index >= 15 is 0 Å². The Morgan fingerprint density at radius 3 is 3.15 bits per heavy atom. The van der Waals surface area contributed by atoms with Crippen LogP contribution in [-0.4, -0.2) is 28.7 Å². The molecule has 2 aromatic rings. The molecule has 2 aliphatic rings. The third-order valence-corrected chi connectivity index (χ3v) is 5.37. The van der Waals surface area contributed by atoms with E-state index in [-0.39, 0.29) is 29.8 Å². The molecule has 0 aliphatic carbocycles. The van der Waals surface area contributed by atoms with Crippen LogP contribution in [0.4, 0.5) is 0 Å². The first kappa shape index (κ1) is 17.0. The molecule has 7 heteroatoms. The average molecular weight is 356 g/mol. The van der Waals surface area contributed by atoms with E-state index in [9.17, 15) is 9.59 Å². The van der Waals surface area contributed by atoms with Crippen molar-refractivity contribution < 1.29 is 9.32 Å². The third kappa shape index (κ3) is 3.07. The summed E-state index contributed by atoms with van der Waals surface area (Å²) in [5, 5.41) is 10.3. The van der Waals surface area contributed by atoms with Gasteiger partial charge in [-0.1, -0.05) is 24.6 Å². The van der Waals surface area contributed by atoms with Gasteiger partial charge in [0.05, 0.1) is 12.2 Å². The lowest BCUT2D eigenvalue weighted by Crippen LogP contribution is -2.52. The molecule has 138 valence electrons. The lowest BCUT2D eigenvalue weighted by atomic mass is 9.79.